The fourth-order valence-electron chi connectivity index (χ4n) is 3.17. The molecular weight excluding hydrogens is 440 g/mol. The monoisotopic (exact) mass is 462 g/mol. The lowest BCUT2D eigenvalue weighted by molar-refractivity contribution is -0.114. The lowest BCUT2D eigenvalue weighted by atomic mass is 10.1. The van der Waals surface area contributed by atoms with Gasteiger partial charge in [0.2, 0.25) is 5.91 Å². The molecule has 168 valence electrons. The second-order valence-corrected chi connectivity index (χ2v) is 10.2. The first kappa shape index (κ1) is 22.3. The minimum absolute atomic E-state index is 0.138. The Kier molecular flexibility index (Phi) is 6.06. The molecule has 1 N–H and O–H groups in total. The van der Waals surface area contributed by atoms with Gasteiger partial charge in [-0.05, 0) is 38.1 Å². The zero-order valence-electron chi connectivity index (χ0n) is 18.3. The molecule has 0 aliphatic rings. The van der Waals surface area contributed by atoms with Crippen LogP contribution in [0.3, 0.4) is 0 Å². The van der Waals surface area contributed by atoms with Gasteiger partial charge in [-0.1, -0.05) is 29.4 Å². The number of amides is 1. The minimum atomic E-state index is -3.34. The topological polar surface area (TPSA) is 115 Å². The van der Waals surface area contributed by atoms with E-state index in [1.807, 2.05) is 12.1 Å². The van der Waals surface area contributed by atoms with Gasteiger partial charge >= 0.3 is 0 Å². The third-order valence-electron chi connectivity index (χ3n) is 5.00. The molecule has 8 nitrogen and oxygen atoms in total. The number of carbonyl (C=O) groups excluding carboxylic acids is 1. The smallest absolute Gasteiger partial charge is 0.221 e. The average molecular weight is 463 g/mol. The molecule has 0 fully saturated rings. The number of aromatic nitrogens is 3. The molecule has 1 amide bonds. The van der Waals surface area contributed by atoms with Crippen molar-refractivity contribution in [2.24, 2.45) is 0 Å². The highest BCUT2D eigenvalue weighted by atomic mass is 32.2. The van der Waals surface area contributed by atoms with Gasteiger partial charge in [-0.2, -0.15) is 0 Å². The molecule has 0 aliphatic carbocycles. The first-order chi connectivity index (χ1) is 15.7. The summed E-state index contributed by atoms with van der Waals surface area (Å²) < 4.78 is 30.2. The van der Waals surface area contributed by atoms with Crippen molar-refractivity contribution in [2.45, 2.75) is 30.9 Å². The molecular formula is C24H22N4O4S. The Morgan fingerprint density at radius 3 is 2.15 bits per heavy atom. The first-order valence-corrected chi connectivity index (χ1v) is 11.8. The molecule has 0 unspecified atom stereocenters. The lowest BCUT2D eigenvalue weighted by Gasteiger charge is -2.08. The van der Waals surface area contributed by atoms with Crippen LogP contribution in [-0.2, 0) is 14.6 Å². The fourth-order valence-corrected chi connectivity index (χ4v) is 4.23. The third kappa shape index (κ3) is 4.83. The maximum absolute atomic E-state index is 12.3. The van der Waals surface area contributed by atoms with Crippen LogP contribution in [0.5, 0.6) is 0 Å². The normalized spacial score (nSPS) is 11.5. The van der Waals surface area contributed by atoms with E-state index >= 15 is 0 Å². The van der Waals surface area contributed by atoms with Crippen molar-refractivity contribution >= 4 is 21.4 Å². The molecule has 2 aromatic heterocycles. The lowest BCUT2D eigenvalue weighted by Crippen LogP contribution is -2.13. The second-order valence-electron chi connectivity index (χ2n) is 7.74. The summed E-state index contributed by atoms with van der Waals surface area (Å²) in [6.45, 7) is 4.76. The summed E-state index contributed by atoms with van der Waals surface area (Å²) in [6.07, 6.45) is 3.18. The molecule has 0 saturated heterocycles. The second kappa shape index (κ2) is 8.95. The van der Waals surface area contributed by atoms with Gasteiger partial charge in [-0.3, -0.25) is 9.78 Å². The first-order valence-electron chi connectivity index (χ1n) is 10.3. The number of nitrogens with zero attached hydrogens (tertiary/aromatic N) is 3. The molecule has 0 radical (unpaired) electrons. The van der Waals surface area contributed by atoms with Crippen LogP contribution in [0.1, 0.15) is 20.8 Å². The van der Waals surface area contributed by atoms with Gasteiger partial charge in [0.05, 0.1) is 28.2 Å². The van der Waals surface area contributed by atoms with E-state index in [1.54, 1.807) is 68.7 Å². The van der Waals surface area contributed by atoms with Crippen molar-refractivity contribution in [3.05, 3.63) is 67.0 Å². The third-order valence-corrected chi connectivity index (χ3v) is 7.17. The Morgan fingerprint density at radius 1 is 0.909 bits per heavy atom. The molecule has 0 aliphatic heterocycles. The van der Waals surface area contributed by atoms with E-state index in [9.17, 15) is 13.2 Å². The van der Waals surface area contributed by atoms with Crippen LogP contribution < -0.4 is 5.32 Å². The number of nitrogens with one attached hydrogen (secondary N) is 1. The number of sulfone groups is 1. The number of rotatable bonds is 6. The minimum Gasteiger partial charge on any atom is -0.354 e. The van der Waals surface area contributed by atoms with Crippen LogP contribution in [0, 0.1) is 0 Å². The molecule has 9 heteroatoms. The van der Waals surface area contributed by atoms with E-state index < -0.39 is 15.1 Å². The van der Waals surface area contributed by atoms with Gasteiger partial charge < -0.3 is 9.84 Å². The van der Waals surface area contributed by atoms with Gasteiger partial charge in [0.25, 0.3) is 0 Å². The van der Waals surface area contributed by atoms with Crippen molar-refractivity contribution in [1.82, 2.24) is 15.1 Å². The van der Waals surface area contributed by atoms with Crippen LogP contribution in [0.4, 0.5) is 5.69 Å². The molecule has 0 saturated carbocycles. The molecule has 0 atom stereocenters. The summed E-state index contributed by atoms with van der Waals surface area (Å²) in [7, 11) is -3.34. The maximum atomic E-state index is 12.3. The maximum Gasteiger partial charge on any atom is 0.221 e. The Morgan fingerprint density at radius 2 is 1.52 bits per heavy atom. The van der Waals surface area contributed by atoms with Gasteiger partial charge in [-0.15, -0.1) is 0 Å². The zero-order chi connectivity index (χ0) is 23.6. The molecule has 2 heterocycles. The molecule has 0 spiro atoms. The van der Waals surface area contributed by atoms with Gasteiger partial charge in [0, 0.05) is 29.8 Å². The highest BCUT2D eigenvalue weighted by Crippen LogP contribution is 2.28. The van der Waals surface area contributed by atoms with Crippen LogP contribution in [0.2, 0.25) is 0 Å². The van der Waals surface area contributed by atoms with Crippen LogP contribution in [0.15, 0.2) is 76.4 Å². The van der Waals surface area contributed by atoms with E-state index in [4.69, 9.17) is 4.52 Å². The van der Waals surface area contributed by atoms with Crippen LogP contribution >= 0.6 is 0 Å². The number of benzene rings is 2. The highest BCUT2D eigenvalue weighted by Gasteiger charge is 2.19. The van der Waals surface area contributed by atoms with E-state index in [1.165, 1.54) is 6.92 Å². The van der Waals surface area contributed by atoms with Crippen molar-refractivity contribution in [2.75, 3.05) is 5.32 Å². The highest BCUT2D eigenvalue weighted by molar-refractivity contribution is 7.92. The molecule has 4 aromatic rings. The van der Waals surface area contributed by atoms with Crippen molar-refractivity contribution in [3.8, 4) is 34.0 Å². The van der Waals surface area contributed by atoms with E-state index in [-0.39, 0.29) is 10.8 Å². The Balaban J connectivity index is 1.58. The Hall–Kier alpha value is -3.85. The predicted octanol–water partition coefficient (Wildman–Crippen LogP) is 4.61. The van der Waals surface area contributed by atoms with E-state index in [0.29, 0.717) is 28.5 Å². The summed E-state index contributed by atoms with van der Waals surface area (Å²) in [5.41, 5.74) is 3.96. The molecule has 4 rings (SSSR count). The molecule has 33 heavy (non-hydrogen) atoms. The Bertz CT molecular complexity index is 1390. The summed E-state index contributed by atoms with van der Waals surface area (Å²) in [5, 5.41) is 6.34. The zero-order valence-corrected chi connectivity index (χ0v) is 19.1. The number of hydrogen-bond acceptors (Lipinski definition) is 7. The quantitative estimate of drug-likeness (QED) is 0.445. The van der Waals surface area contributed by atoms with Gasteiger partial charge in [0.15, 0.2) is 15.6 Å². The molecule has 2 aromatic carbocycles. The van der Waals surface area contributed by atoms with E-state index in [0.717, 1.165) is 11.1 Å². The largest absolute Gasteiger partial charge is 0.354 e. The summed E-state index contributed by atoms with van der Waals surface area (Å²) >= 11 is 0. The van der Waals surface area contributed by atoms with Gasteiger partial charge in [0.1, 0.15) is 11.4 Å². The summed E-state index contributed by atoms with van der Waals surface area (Å²) in [4.78, 5) is 20.3. The Labute approximate surface area is 191 Å². The van der Waals surface area contributed by atoms with Crippen LogP contribution in [-0.4, -0.2) is 34.7 Å². The number of anilines is 1. The average Bonchev–Trinajstić information content (AvgIpc) is 3.30. The standard InChI is InChI=1S/C24H22N4O4S/c1-15(2)33(30,31)20-10-6-18(7-11-20)22-13-25-14-23(27-22)24-12-21(28-32-24)17-4-8-19(9-5-17)26-16(3)29/h4-15H,1-3H3,(H,26,29). The van der Waals surface area contributed by atoms with Crippen molar-refractivity contribution in [1.29, 1.82) is 0 Å². The summed E-state index contributed by atoms with van der Waals surface area (Å²) in [6, 6.07) is 15.6. The van der Waals surface area contributed by atoms with E-state index in [2.05, 4.69) is 20.4 Å². The van der Waals surface area contributed by atoms with Crippen molar-refractivity contribution in [3.63, 3.8) is 0 Å². The summed E-state index contributed by atoms with van der Waals surface area (Å²) in [5.74, 6) is 0.311. The fraction of sp³-hybridized carbons (Fsp3) is 0.167. The molecule has 0 bridgehead atoms. The SMILES string of the molecule is CC(=O)Nc1ccc(-c2cc(-c3cncc(-c4ccc(S(=O)(=O)C(C)C)cc4)n3)on2)cc1. The van der Waals surface area contributed by atoms with Gasteiger partial charge in [-0.25, -0.2) is 13.4 Å². The van der Waals surface area contributed by atoms with Crippen LogP contribution in [0.25, 0.3) is 34.0 Å². The number of hydrogen-bond donors (Lipinski definition) is 1. The van der Waals surface area contributed by atoms with Crippen molar-refractivity contribution < 1.29 is 17.7 Å². The number of carbonyl (C=O) groups is 1. The predicted molar refractivity (Wildman–Crippen MR) is 125 cm³/mol.